The summed E-state index contributed by atoms with van der Waals surface area (Å²) in [6, 6.07) is 11.8. The molecule has 0 saturated carbocycles. The molecule has 0 aromatic heterocycles. The quantitative estimate of drug-likeness (QED) is 0.751. The van der Waals surface area contributed by atoms with Crippen molar-refractivity contribution in [2.24, 2.45) is 0 Å². The lowest BCUT2D eigenvalue weighted by atomic mass is 10.1. The van der Waals surface area contributed by atoms with Crippen LogP contribution in [0.4, 0.5) is 5.69 Å². The van der Waals surface area contributed by atoms with Crippen LogP contribution in [0.15, 0.2) is 40.9 Å². The molecule has 0 atom stereocenters. The Morgan fingerprint density at radius 2 is 2.10 bits per heavy atom. The number of halogens is 2. The minimum atomic E-state index is 0.218. The molecule has 2 rings (SSSR count). The van der Waals surface area contributed by atoms with Gasteiger partial charge >= 0.3 is 0 Å². The second kappa shape index (κ2) is 7.40. The highest BCUT2D eigenvalue weighted by Crippen LogP contribution is 2.26. The standard InChI is InChI=1S/C17H15BrClNO/c1-3-8-21-17-7-4-13(10-15(17)19)11-20-16-6-5-14(18)9-12(16)2/h1,4-7,9-10,20H,8,11H2,2H3. The smallest absolute Gasteiger partial charge is 0.148 e. The number of rotatable bonds is 5. The monoisotopic (exact) mass is 363 g/mol. The second-order valence-corrected chi connectivity index (χ2v) is 5.89. The van der Waals surface area contributed by atoms with Gasteiger partial charge in [-0.25, -0.2) is 0 Å². The summed E-state index contributed by atoms with van der Waals surface area (Å²) in [6.45, 7) is 2.98. The average Bonchev–Trinajstić information content (AvgIpc) is 2.45. The van der Waals surface area contributed by atoms with E-state index in [-0.39, 0.29) is 6.61 Å². The fourth-order valence-corrected chi connectivity index (χ4v) is 2.65. The van der Waals surface area contributed by atoms with Crippen LogP contribution in [-0.2, 0) is 6.54 Å². The molecule has 0 bridgehead atoms. The van der Waals surface area contributed by atoms with Gasteiger partial charge in [-0.3, -0.25) is 0 Å². The molecule has 0 heterocycles. The molecule has 0 amide bonds. The minimum Gasteiger partial charge on any atom is -0.479 e. The van der Waals surface area contributed by atoms with Gasteiger partial charge < -0.3 is 10.1 Å². The molecule has 108 valence electrons. The predicted molar refractivity (Wildman–Crippen MR) is 92.0 cm³/mol. The summed E-state index contributed by atoms with van der Waals surface area (Å²) in [4.78, 5) is 0. The van der Waals surface area contributed by atoms with Gasteiger partial charge in [0.1, 0.15) is 12.4 Å². The highest BCUT2D eigenvalue weighted by molar-refractivity contribution is 9.10. The van der Waals surface area contributed by atoms with Crippen molar-refractivity contribution in [2.45, 2.75) is 13.5 Å². The van der Waals surface area contributed by atoms with E-state index < -0.39 is 0 Å². The van der Waals surface area contributed by atoms with Crippen LogP contribution in [0.25, 0.3) is 0 Å². The Morgan fingerprint density at radius 3 is 2.76 bits per heavy atom. The van der Waals surface area contributed by atoms with E-state index in [9.17, 15) is 0 Å². The number of nitrogens with one attached hydrogen (secondary N) is 1. The molecule has 2 aromatic rings. The summed E-state index contributed by atoms with van der Waals surface area (Å²) in [5.74, 6) is 3.03. The maximum atomic E-state index is 6.17. The average molecular weight is 365 g/mol. The zero-order valence-corrected chi connectivity index (χ0v) is 14.0. The number of anilines is 1. The van der Waals surface area contributed by atoms with Gasteiger partial charge in [-0.15, -0.1) is 6.42 Å². The lowest BCUT2D eigenvalue weighted by Gasteiger charge is -2.11. The fourth-order valence-electron chi connectivity index (χ4n) is 1.91. The molecular weight excluding hydrogens is 350 g/mol. The van der Waals surface area contributed by atoms with Crippen LogP contribution in [0.2, 0.25) is 5.02 Å². The van der Waals surface area contributed by atoms with E-state index in [0.29, 0.717) is 17.3 Å². The van der Waals surface area contributed by atoms with Gasteiger partial charge in [-0.1, -0.05) is 39.5 Å². The summed E-state index contributed by atoms with van der Waals surface area (Å²) in [6.07, 6.45) is 5.16. The third-order valence-corrected chi connectivity index (χ3v) is 3.77. The summed E-state index contributed by atoms with van der Waals surface area (Å²) < 4.78 is 6.42. The number of benzene rings is 2. The Kier molecular flexibility index (Phi) is 5.55. The van der Waals surface area contributed by atoms with Crippen molar-refractivity contribution < 1.29 is 4.74 Å². The van der Waals surface area contributed by atoms with Crippen molar-refractivity contribution in [1.29, 1.82) is 0 Å². The zero-order chi connectivity index (χ0) is 15.2. The maximum Gasteiger partial charge on any atom is 0.148 e. The first-order chi connectivity index (χ1) is 10.1. The van der Waals surface area contributed by atoms with Gasteiger partial charge in [0.05, 0.1) is 5.02 Å². The van der Waals surface area contributed by atoms with Crippen LogP contribution in [0, 0.1) is 19.3 Å². The van der Waals surface area contributed by atoms with E-state index in [4.69, 9.17) is 22.8 Å². The molecule has 0 fully saturated rings. The van der Waals surface area contributed by atoms with E-state index in [1.165, 1.54) is 5.56 Å². The molecule has 0 radical (unpaired) electrons. The lowest BCUT2D eigenvalue weighted by molar-refractivity contribution is 0.370. The van der Waals surface area contributed by atoms with Crippen LogP contribution >= 0.6 is 27.5 Å². The first-order valence-corrected chi connectivity index (χ1v) is 7.62. The number of terminal acetylenes is 1. The Labute approximate surface area is 138 Å². The predicted octanol–water partition coefficient (Wildman–Crippen LogP) is 5.04. The molecular formula is C17H15BrClNO. The Bertz CT molecular complexity index is 679. The Morgan fingerprint density at radius 1 is 1.29 bits per heavy atom. The summed E-state index contributed by atoms with van der Waals surface area (Å²) in [5, 5.41) is 3.96. The molecule has 1 N–H and O–H groups in total. The number of hydrogen-bond acceptors (Lipinski definition) is 2. The van der Waals surface area contributed by atoms with E-state index in [2.05, 4.69) is 40.2 Å². The maximum absolute atomic E-state index is 6.17. The molecule has 21 heavy (non-hydrogen) atoms. The van der Waals surface area contributed by atoms with Crippen LogP contribution in [0.3, 0.4) is 0 Å². The highest BCUT2D eigenvalue weighted by atomic mass is 79.9. The molecule has 2 aromatic carbocycles. The topological polar surface area (TPSA) is 21.3 Å². The summed E-state index contributed by atoms with van der Waals surface area (Å²) in [7, 11) is 0. The third kappa shape index (κ3) is 4.42. The van der Waals surface area contributed by atoms with E-state index in [1.54, 1.807) is 0 Å². The third-order valence-electron chi connectivity index (χ3n) is 2.98. The van der Waals surface area contributed by atoms with Crippen molar-refractivity contribution in [3.05, 3.63) is 57.0 Å². The zero-order valence-electron chi connectivity index (χ0n) is 11.6. The molecule has 0 aliphatic carbocycles. The van der Waals surface area contributed by atoms with Crippen molar-refractivity contribution >= 4 is 33.2 Å². The van der Waals surface area contributed by atoms with Gasteiger partial charge in [0.15, 0.2) is 0 Å². The van der Waals surface area contributed by atoms with Gasteiger partial charge in [-0.2, -0.15) is 0 Å². The Hall–Kier alpha value is -1.63. The molecule has 0 aliphatic rings. The van der Waals surface area contributed by atoms with Crippen LogP contribution in [0.1, 0.15) is 11.1 Å². The Balaban J connectivity index is 2.03. The first-order valence-electron chi connectivity index (χ1n) is 6.45. The SMILES string of the molecule is C#CCOc1ccc(CNc2ccc(Br)cc2C)cc1Cl. The van der Waals surface area contributed by atoms with Crippen molar-refractivity contribution in [3.8, 4) is 18.1 Å². The van der Waals surface area contributed by atoms with Crippen LogP contribution in [-0.4, -0.2) is 6.61 Å². The van der Waals surface area contributed by atoms with Gasteiger partial charge in [-0.05, 0) is 48.4 Å². The normalized spacial score (nSPS) is 10.0. The molecule has 0 aliphatic heterocycles. The summed E-state index contributed by atoms with van der Waals surface area (Å²) >= 11 is 9.63. The molecule has 2 nitrogen and oxygen atoms in total. The second-order valence-electron chi connectivity index (χ2n) is 4.57. The number of ether oxygens (including phenoxy) is 1. The minimum absolute atomic E-state index is 0.218. The van der Waals surface area contributed by atoms with E-state index in [1.807, 2.05) is 30.3 Å². The van der Waals surface area contributed by atoms with Gasteiger partial charge in [0.25, 0.3) is 0 Å². The van der Waals surface area contributed by atoms with Crippen molar-refractivity contribution in [1.82, 2.24) is 0 Å². The molecule has 0 spiro atoms. The lowest BCUT2D eigenvalue weighted by Crippen LogP contribution is -2.01. The van der Waals surface area contributed by atoms with Crippen LogP contribution in [0.5, 0.6) is 5.75 Å². The molecule has 0 saturated heterocycles. The largest absolute Gasteiger partial charge is 0.479 e. The number of hydrogen-bond donors (Lipinski definition) is 1. The van der Waals surface area contributed by atoms with E-state index >= 15 is 0 Å². The molecule has 4 heteroatoms. The number of aryl methyl sites for hydroxylation is 1. The summed E-state index contributed by atoms with van der Waals surface area (Å²) in [5.41, 5.74) is 3.36. The van der Waals surface area contributed by atoms with Crippen molar-refractivity contribution in [2.75, 3.05) is 11.9 Å². The first kappa shape index (κ1) is 15.8. The molecule has 0 unspecified atom stereocenters. The van der Waals surface area contributed by atoms with E-state index in [0.717, 1.165) is 15.7 Å². The fraction of sp³-hybridized carbons (Fsp3) is 0.176. The highest BCUT2D eigenvalue weighted by Gasteiger charge is 2.04. The van der Waals surface area contributed by atoms with Crippen molar-refractivity contribution in [3.63, 3.8) is 0 Å². The van der Waals surface area contributed by atoms with Crippen LogP contribution < -0.4 is 10.1 Å². The van der Waals surface area contributed by atoms with Gasteiger partial charge in [0, 0.05) is 16.7 Å². The van der Waals surface area contributed by atoms with Gasteiger partial charge in [0.2, 0.25) is 0 Å².